The number of benzene rings is 2. The van der Waals surface area contributed by atoms with Gasteiger partial charge in [0.1, 0.15) is 12.4 Å². The van der Waals surface area contributed by atoms with Gasteiger partial charge in [-0.2, -0.15) is 0 Å². The summed E-state index contributed by atoms with van der Waals surface area (Å²) in [5.41, 5.74) is -0.112. The van der Waals surface area contributed by atoms with E-state index in [2.05, 4.69) is 9.47 Å². The number of carbonyl (C=O) groups is 2. The summed E-state index contributed by atoms with van der Waals surface area (Å²) < 4.78 is 49.1. The highest BCUT2D eigenvalue weighted by molar-refractivity contribution is 7.92. The molecule has 0 heterocycles. The molecular weight excluding hydrogens is 365 g/mol. The minimum Gasteiger partial charge on any atom is -0.468 e. The molecule has 0 amide bonds. The molecular formula is C17H16FNO6S. The van der Waals surface area contributed by atoms with Crippen molar-refractivity contribution in [3.05, 3.63) is 59.9 Å². The van der Waals surface area contributed by atoms with Crippen LogP contribution in [0.1, 0.15) is 10.4 Å². The summed E-state index contributed by atoms with van der Waals surface area (Å²) in [6.07, 6.45) is 0. The normalized spacial score (nSPS) is 10.9. The zero-order chi connectivity index (χ0) is 19.3. The van der Waals surface area contributed by atoms with Crippen molar-refractivity contribution >= 4 is 27.6 Å². The van der Waals surface area contributed by atoms with Gasteiger partial charge in [-0.05, 0) is 36.4 Å². The van der Waals surface area contributed by atoms with E-state index in [4.69, 9.17) is 0 Å². The van der Waals surface area contributed by atoms with Crippen LogP contribution in [0, 0.1) is 5.82 Å². The molecule has 0 saturated carbocycles. The molecule has 0 unspecified atom stereocenters. The molecule has 0 bridgehead atoms. The van der Waals surface area contributed by atoms with Gasteiger partial charge in [0.25, 0.3) is 10.0 Å². The van der Waals surface area contributed by atoms with Crippen LogP contribution in [0.25, 0.3) is 0 Å². The molecule has 0 fully saturated rings. The zero-order valence-electron chi connectivity index (χ0n) is 14.0. The number of para-hydroxylation sites is 1. The maximum absolute atomic E-state index is 13.1. The van der Waals surface area contributed by atoms with Crippen molar-refractivity contribution in [2.75, 3.05) is 25.1 Å². The topological polar surface area (TPSA) is 90.0 Å². The fraction of sp³-hybridized carbons (Fsp3) is 0.176. The number of nitrogens with zero attached hydrogens (tertiary/aromatic N) is 1. The quantitative estimate of drug-likeness (QED) is 0.711. The molecule has 0 aliphatic carbocycles. The van der Waals surface area contributed by atoms with E-state index in [1.807, 2.05) is 0 Å². The molecule has 138 valence electrons. The molecule has 0 atom stereocenters. The fourth-order valence-electron chi connectivity index (χ4n) is 2.19. The summed E-state index contributed by atoms with van der Waals surface area (Å²) in [6.45, 7) is -0.676. The van der Waals surface area contributed by atoms with Crippen molar-refractivity contribution in [2.45, 2.75) is 4.90 Å². The number of carbonyl (C=O) groups excluding carboxylic acids is 2. The Morgan fingerprint density at radius 3 is 2.19 bits per heavy atom. The number of anilines is 1. The van der Waals surface area contributed by atoms with Crippen molar-refractivity contribution < 1.29 is 31.9 Å². The number of ether oxygens (including phenoxy) is 2. The second-order valence-electron chi connectivity index (χ2n) is 5.05. The van der Waals surface area contributed by atoms with Crippen LogP contribution in [0.5, 0.6) is 0 Å². The molecule has 0 aliphatic rings. The van der Waals surface area contributed by atoms with Crippen LogP contribution in [0.4, 0.5) is 10.1 Å². The van der Waals surface area contributed by atoms with Crippen LogP contribution in [0.2, 0.25) is 0 Å². The van der Waals surface area contributed by atoms with Crippen LogP contribution in [0.15, 0.2) is 53.4 Å². The summed E-state index contributed by atoms with van der Waals surface area (Å²) >= 11 is 0. The monoisotopic (exact) mass is 381 g/mol. The molecule has 26 heavy (non-hydrogen) atoms. The van der Waals surface area contributed by atoms with Gasteiger partial charge in [0.05, 0.1) is 30.4 Å². The van der Waals surface area contributed by atoms with Crippen LogP contribution in [-0.4, -0.2) is 41.1 Å². The Morgan fingerprint density at radius 2 is 1.62 bits per heavy atom. The van der Waals surface area contributed by atoms with E-state index in [1.54, 1.807) is 0 Å². The number of halogens is 1. The minimum atomic E-state index is -4.28. The first-order valence-corrected chi connectivity index (χ1v) is 8.77. The smallest absolute Gasteiger partial charge is 0.340 e. The lowest BCUT2D eigenvalue weighted by Crippen LogP contribution is -2.37. The number of hydrogen-bond acceptors (Lipinski definition) is 6. The third-order valence-electron chi connectivity index (χ3n) is 3.48. The first-order valence-electron chi connectivity index (χ1n) is 7.33. The van der Waals surface area contributed by atoms with E-state index in [9.17, 15) is 22.4 Å². The maximum Gasteiger partial charge on any atom is 0.340 e. The highest BCUT2D eigenvalue weighted by atomic mass is 32.2. The Balaban J connectivity index is 2.63. The Labute approximate surface area is 150 Å². The molecule has 0 aliphatic heterocycles. The number of hydrogen-bond donors (Lipinski definition) is 0. The average Bonchev–Trinajstić information content (AvgIpc) is 2.65. The number of rotatable bonds is 6. The van der Waals surface area contributed by atoms with Gasteiger partial charge in [-0.1, -0.05) is 12.1 Å². The molecule has 0 N–H and O–H groups in total. The second kappa shape index (κ2) is 7.96. The largest absolute Gasteiger partial charge is 0.468 e. The number of methoxy groups -OCH3 is 2. The summed E-state index contributed by atoms with van der Waals surface area (Å²) in [5.74, 6) is -2.22. The molecule has 0 aromatic heterocycles. The van der Waals surface area contributed by atoms with E-state index in [0.717, 1.165) is 42.8 Å². The van der Waals surface area contributed by atoms with Crippen LogP contribution < -0.4 is 4.31 Å². The van der Waals surface area contributed by atoms with E-state index >= 15 is 0 Å². The van der Waals surface area contributed by atoms with Gasteiger partial charge in [-0.3, -0.25) is 9.10 Å². The zero-order valence-corrected chi connectivity index (χ0v) is 14.8. The van der Waals surface area contributed by atoms with E-state index in [1.165, 1.54) is 24.3 Å². The van der Waals surface area contributed by atoms with Gasteiger partial charge in [-0.25, -0.2) is 17.6 Å². The Bertz CT molecular complexity index is 911. The number of sulfonamides is 1. The lowest BCUT2D eigenvalue weighted by Gasteiger charge is -2.25. The van der Waals surface area contributed by atoms with Gasteiger partial charge in [0, 0.05) is 0 Å². The summed E-state index contributed by atoms with van der Waals surface area (Å²) in [6, 6.07) is 9.85. The Morgan fingerprint density at radius 1 is 1.00 bits per heavy atom. The highest BCUT2D eigenvalue weighted by Gasteiger charge is 2.30. The average molecular weight is 381 g/mol. The summed E-state index contributed by atoms with van der Waals surface area (Å²) in [5, 5.41) is 0. The highest BCUT2D eigenvalue weighted by Crippen LogP contribution is 2.27. The Kier molecular flexibility index (Phi) is 5.93. The molecule has 0 spiro atoms. The molecule has 2 aromatic rings. The molecule has 0 saturated heterocycles. The van der Waals surface area contributed by atoms with Crippen molar-refractivity contribution in [1.82, 2.24) is 0 Å². The van der Waals surface area contributed by atoms with Crippen LogP contribution in [-0.2, 0) is 24.3 Å². The minimum absolute atomic E-state index is 0.0513. The van der Waals surface area contributed by atoms with Crippen molar-refractivity contribution in [3.63, 3.8) is 0 Å². The Hall–Kier alpha value is -2.94. The van der Waals surface area contributed by atoms with E-state index in [0.29, 0.717) is 0 Å². The van der Waals surface area contributed by atoms with Gasteiger partial charge < -0.3 is 9.47 Å². The summed E-state index contributed by atoms with van der Waals surface area (Å²) in [4.78, 5) is 23.5. The maximum atomic E-state index is 13.1. The third kappa shape index (κ3) is 3.99. The van der Waals surface area contributed by atoms with E-state index < -0.39 is 34.3 Å². The van der Waals surface area contributed by atoms with Crippen molar-refractivity contribution in [1.29, 1.82) is 0 Å². The standard InChI is InChI=1S/C17H16FNO6S/c1-24-16(20)11-19(15-6-4-3-5-14(15)17(21)25-2)26(22,23)13-9-7-12(18)8-10-13/h3-10H,11H2,1-2H3. The molecule has 7 nitrogen and oxygen atoms in total. The summed E-state index contributed by atoms with van der Waals surface area (Å²) in [7, 11) is -2.02. The number of esters is 2. The van der Waals surface area contributed by atoms with Crippen LogP contribution in [0.3, 0.4) is 0 Å². The van der Waals surface area contributed by atoms with Crippen LogP contribution >= 0.6 is 0 Å². The van der Waals surface area contributed by atoms with Gasteiger partial charge in [0.15, 0.2) is 0 Å². The first-order chi connectivity index (χ1) is 12.3. The lowest BCUT2D eigenvalue weighted by atomic mass is 10.2. The van der Waals surface area contributed by atoms with Crippen molar-refractivity contribution in [2.24, 2.45) is 0 Å². The molecule has 0 radical (unpaired) electrons. The van der Waals surface area contributed by atoms with E-state index in [-0.39, 0.29) is 16.1 Å². The predicted octanol–water partition coefficient (Wildman–Crippen LogP) is 1.98. The predicted molar refractivity (Wildman–Crippen MR) is 90.7 cm³/mol. The molecule has 9 heteroatoms. The lowest BCUT2D eigenvalue weighted by molar-refractivity contribution is -0.138. The van der Waals surface area contributed by atoms with Gasteiger partial charge in [0.2, 0.25) is 0 Å². The fourth-order valence-corrected chi connectivity index (χ4v) is 3.62. The van der Waals surface area contributed by atoms with Gasteiger partial charge >= 0.3 is 11.9 Å². The second-order valence-corrected chi connectivity index (χ2v) is 6.91. The van der Waals surface area contributed by atoms with Crippen molar-refractivity contribution in [3.8, 4) is 0 Å². The third-order valence-corrected chi connectivity index (χ3v) is 5.25. The van der Waals surface area contributed by atoms with Gasteiger partial charge in [-0.15, -0.1) is 0 Å². The molecule has 2 rings (SSSR count). The SMILES string of the molecule is COC(=O)CN(c1ccccc1C(=O)OC)S(=O)(=O)c1ccc(F)cc1. The first kappa shape index (κ1) is 19.4. The molecule has 2 aromatic carbocycles.